The average molecular weight is 284 g/mol. The summed E-state index contributed by atoms with van der Waals surface area (Å²) < 4.78 is 5.06. The van der Waals surface area contributed by atoms with Crippen molar-refractivity contribution in [2.75, 3.05) is 20.2 Å². The molecule has 0 aromatic heterocycles. The topological polar surface area (TPSA) is 41.6 Å². The van der Waals surface area contributed by atoms with E-state index >= 15 is 0 Å². The largest absolute Gasteiger partial charge is 0.468 e. The molecule has 1 rings (SSSR count). The molecule has 0 bridgehead atoms. The Kier molecular flexibility index (Phi) is 6.96. The highest BCUT2D eigenvalue weighted by Crippen LogP contribution is 2.35. The fourth-order valence-corrected chi connectivity index (χ4v) is 3.44. The van der Waals surface area contributed by atoms with Crippen molar-refractivity contribution in [3.05, 3.63) is 0 Å². The van der Waals surface area contributed by atoms with Crippen molar-refractivity contribution in [2.24, 2.45) is 0 Å². The van der Waals surface area contributed by atoms with Gasteiger partial charge in [-0.1, -0.05) is 20.8 Å². The van der Waals surface area contributed by atoms with Crippen LogP contribution in [-0.2, 0) is 9.53 Å². The molecular formula is C16H32N2O2. The zero-order chi connectivity index (χ0) is 15.2. The van der Waals surface area contributed by atoms with Crippen LogP contribution in [0.1, 0.15) is 59.8 Å². The minimum absolute atomic E-state index is 0.0892. The van der Waals surface area contributed by atoms with Crippen molar-refractivity contribution < 1.29 is 9.53 Å². The van der Waals surface area contributed by atoms with Crippen molar-refractivity contribution in [1.82, 2.24) is 10.2 Å². The number of rotatable bonds is 8. The van der Waals surface area contributed by atoms with E-state index in [0.29, 0.717) is 12.1 Å². The molecule has 1 N–H and O–H groups in total. The lowest BCUT2D eigenvalue weighted by Crippen LogP contribution is -2.52. The highest BCUT2D eigenvalue weighted by atomic mass is 16.5. The number of hydrogen-bond donors (Lipinski definition) is 1. The quantitative estimate of drug-likeness (QED) is 0.696. The second-order valence-electron chi connectivity index (χ2n) is 5.98. The van der Waals surface area contributed by atoms with Gasteiger partial charge in [0.2, 0.25) is 0 Å². The van der Waals surface area contributed by atoms with E-state index in [4.69, 9.17) is 4.74 Å². The third-order valence-electron chi connectivity index (χ3n) is 4.77. The monoisotopic (exact) mass is 284 g/mol. The van der Waals surface area contributed by atoms with Gasteiger partial charge < -0.3 is 10.1 Å². The van der Waals surface area contributed by atoms with Crippen LogP contribution in [0.5, 0.6) is 0 Å². The van der Waals surface area contributed by atoms with E-state index in [-0.39, 0.29) is 5.97 Å². The molecular weight excluding hydrogens is 252 g/mol. The molecule has 0 aromatic rings. The predicted molar refractivity (Wildman–Crippen MR) is 82.8 cm³/mol. The summed E-state index contributed by atoms with van der Waals surface area (Å²) in [5, 5.41) is 3.46. The van der Waals surface area contributed by atoms with Gasteiger partial charge in [0.05, 0.1) is 7.11 Å². The number of nitrogens with one attached hydrogen (secondary N) is 1. The molecule has 1 saturated carbocycles. The zero-order valence-electron chi connectivity index (χ0n) is 13.9. The first-order chi connectivity index (χ1) is 9.54. The van der Waals surface area contributed by atoms with Gasteiger partial charge in [0.25, 0.3) is 0 Å². The van der Waals surface area contributed by atoms with Crippen molar-refractivity contribution in [3.8, 4) is 0 Å². The Labute approximate surface area is 124 Å². The Balaban J connectivity index is 2.80. The van der Waals surface area contributed by atoms with Crippen LogP contribution in [0, 0.1) is 0 Å². The van der Waals surface area contributed by atoms with Crippen LogP contribution in [0.3, 0.4) is 0 Å². The fraction of sp³-hybridized carbons (Fsp3) is 0.938. The maximum absolute atomic E-state index is 12.2. The van der Waals surface area contributed by atoms with Gasteiger partial charge >= 0.3 is 5.97 Å². The molecule has 1 aliphatic rings. The Morgan fingerprint density at radius 3 is 2.65 bits per heavy atom. The number of carbonyl (C=O) groups is 1. The first-order valence-corrected chi connectivity index (χ1v) is 8.13. The molecule has 1 fully saturated rings. The molecule has 0 amide bonds. The van der Waals surface area contributed by atoms with Crippen LogP contribution in [-0.4, -0.2) is 48.7 Å². The fourth-order valence-electron chi connectivity index (χ4n) is 3.44. The van der Waals surface area contributed by atoms with Crippen molar-refractivity contribution in [2.45, 2.75) is 77.4 Å². The number of nitrogens with zero attached hydrogens (tertiary/aromatic N) is 1. The van der Waals surface area contributed by atoms with E-state index in [1.807, 2.05) is 0 Å². The summed E-state index contributed by atoms with van der Waals surface area (Å²) in [5.41, 5.74) is -0.462. The maximum atomic E-state index is 12.2. The first-order valence-electron chi connectivity index (χ1n) is 8.13. The van der Waals surface area contributed by atoms with Crippen LogP contribution in [0.25, 0.3) is 0 Å². The van der Waals surface area contributed by atoms with Gasteiger partial charge in [0, 0.05) is 12.1 Å². The molecule has 0 radical (unpaired) electrons. The summed E-state index contributed by atoms with van der Waals surface area (Å²) in [4.78, 5) is 14.8. The van der Waals surface area contributed by atoms with Crippen molar-refractivity contribution in [1.29, 1.82) is 0 Å². The average Bonchev–Trinajstić information content (AvgIpc) is 2.90. The lowest BCUT2D eigenvalue weighted by atomic mass is 9.96. The van der Waals surface area contributed by atoms with Gasteiger partial charge in [-0.2, -0.15) is 0 Å². The van der Waals surface area contributed by atoms with Crippen molar-refractivity contribution in [3.63, 3.8) is 0 Å². The third-order valence-corrected chi connectivity index (χ3v) is 4.77. The molecule has 20 heavy (non-hydrogen) atoms. The smallest absolute Gasteiger partial charge is 0.326 e. The maximum Gasteiger partial charge on any atom is 0.326 e. The summed E-state index contributed by atoms with van der Waals surface area (Å²) in [6.07, 6.45) is 5.02. The molecule has 4 heteroatoms. The summed E-state index contributed by atoms with van der Waals surface area (Å²) >= 11 is 0. The molecule has 0 saturated heterocycles. The Hall–Kier alpha value is -0.610. The molecule has 0 heterocycles. The molecule has 3 atom stereocenters. The van der Waals surface area contributed by atoms with Gasteiger partial charge in [-0.05, 0) is 52.1 Å². The molecule has 0 aromatic carbocycles. The number of ether oxygens (including phenoxy) is 1. The Morgan fingerprint density at radius 1 is 1.45 bits per heavy atom. The predicted octanol–water partition coefficient (Wildman–Crippen LogP) is 2.57. The van der Waals surface area contributed by atoms with E-state index in [1.165, 1.54) is 7.11 Å². The highest BCUT2D eigenvalue weighted by Gasteiger charge is 2.47. The SMILES string of the molecule is CCCNC1(C(=O)OC)CCC(N(CC)C(C)CC)C1. The summed E-state index contributed by atoms with van der Waals surface area (Å²) in [7, 11) is 1.50. The summed E-state index contributed by atoms with van der Waals surface area (Å²) in [5.74, 6) is -0.0892. The van der Waals surface area contributed by atoms with Crippen LogP contribution in [0.15, 0.2) is 0 Å². The van der Waals surface area contributed by atoms with Gasteiger partial charge in [-0.15, -0.1) is 0 Å². The Bertz CT molecular complexity index is 309. The highest BCUT2D eigenvalue weighted by molar-refractivity contribution is 5.81. The first kappa shape index (κ1) is 17.4. The second-order valence-corrected chi connectivity index (χ2v) is 5.98. The van der Waals surface area contributed by atoms with E-state index in [1.54, 1.807) is 0 Å². The number of carbonyl (C=O) groups excluding carboxylic acids is 1. The van der Waals surface area contributed by atoms with Crippen LogP contribution in [0.2, 0.25) is 0 Å². The van der Waals surface area contributed by atoms with Gasteiger partial charge in [0.15, 0.2) is 0 Å². The number of hydrogen-bond acceptors (Lipinski definition) is 4. The minimum Gasteiger partial charge on any atom is -0.468 e. The number of esters is 1. The van der Waals surface area contributed by atoms with E-state index < -0.39 is 5.54 Å². The van der Waals surface area contributed by atoms with Gasteiger partial charge in [0.1, 0.15) is 5.54 Å². The molecule has 4 nitrogen and oxygen atoms in total. The summed E-state index contributed by atoms with van der Waals surface area (Å²) in [6, 6.07) is 1.06. The lowest BCUT2D eigenvalue weighted by Gasteiger charge is -2.34. The van der Waals surface area contributed by atoms with Crippen LogP contribution < -0.4 is 5.32 Å². The molecule has 3 unspecified atom stereocenters. The van der Waals surface area contributed by atoms with E-state index in [9.17, 15) is 4.79 Å². The zero-order valence-corrected chi connectivity index (χ0v) is 13.9. The van der Waals surface area contributed by atoms with Crippen molar-refractivity contribution >= 4 is 5.97 Å². The van der Waals surface area contributed by atoms with Crippen LogP contribution >= 0.6 is 0 Å². The van der Waals surface area contributed by atoms with Gasteiger partial charge in [-0.3, -0.25) is 9.69 Å². The second kappa shape index (κ2) is 7.99. The molecule has 118 valence electrons. The standard InChI is InChI=1S/C16H32N2O2/c1-6-11-17-16(15(19)20-5)10-9-14(12-16)18(8-3)13(4)7-2/h13-14,17H,6-12H2,1-5H3. The molecule has 0 spiro atoms. The third kappa shape index (κ3) is 3.73. The number of methoxy groups -OCH3 is 1. The molecule has 0 aliphatic heterocycles. The normalized spacial score (nSPS) is 27.8. The summed E-state index contributed by atoms with van der Waals surface area (Å²) in [6.45, 7) is 10.8. The van der Waals surface area contributed by atoms with E-state index in [2.05, 4.69) is 37.9 Å². The van der Waals surface area contributed by atoms with E-state index in [0.717, 1.165) is 45.2 Å². The Morgan fingerprint density at radius 2 is 2.15 bits per heavy atom. The lowest BCUT2D eigenvalue weighted by molar-refractivity contribution is -0.148. The van der Waals surface area contributed by atoms with Gasteiger partial charge in [-0.25, -0.2) is 0 Å². The van der Waals surface area contributed by atoms with Crippen LogP contribution in [0.4, 0.5) is 0 Å². The molecule has 1 aliphatic carbocycles. The minimum atomic E-state index is -0.462.